The van der Waals surface area contributed by atoms with Crippen molar-refractivity contribution in [2.45, 2.75) is 12.5 Å². The number of benzene rings is 1. The molecule has 1 N–H and O–H groups in total. The van der Waals surface area contributed by atoms with Gasteiger partial charge >= 0.3 is 0 Å². The molecule has 2 aromatic heterocycles. The van der Waals surface area contributed by atoms with Crippen molar-refractivity contribution in [2.75, 3.05) is 5.32 Å². The van der Waals surface area contributed by atoms with Gasteiger partial charge in [-0.2, -0.15) is 0 Å². The second kappa shape index (κ2) is 6.20. The highest BCUT2D eigenvalue weighted by atomic mass is 32.1. The zero-order valence-corrected chi connectivity index (χ0v) is 12.4. The third-order valence-electron chi connectivity index (χ3n) is 3.04. The highest BCUT2D eigenvalue weighted by molar-refractivity contribution is 7.10. The average molecular weight is 303 g/mol. The number of hydrogen-bond acceptors (Lipinski definition) is 3. The van der Waals surface area contributed by atoms with E-state index in [9.17, 15) is 4.39 Å². The highest BCUT2D eigenvalue weighted by Gasteiger charge is 2.14. The monoisotopic (exact) mass is 303 g/mol. The first-order valence-corrected chi connectivity index (χ1v) is 8.15. The quantitative estimate of drug-likeness (QED) is 0.670. The maximum absolute atomic E-state index is 13.3. The molecule has 2 heterocycles. The predicted molar refractivity (Wildman–Crippen MR) is 85.1 cm³/mol. The van der Waals surface area contributed by atoms with Crippen molar-refractivity contribution >= 4 is 28.4 Å². The van der Waals surface area contributed by atoms with Crippen LogP contribution in [0.5, 0.6) is 0 Å². The van der Waals surface area contributed by atoms with Crippen LogP contribution in [0.4, 0.5) is 10.1 Å². The van der Waals surface area contributed by atoms with Crippen molar-refractivity contribution in [1.82, 2.24) is 0 Å². The summed E-state index contributed by atoms with van der Waals surface area (Å²) in [4.78, 5) is 2.59. The molecule has 1 unspecified atom stereocenters. The number of nitrogens with one attached hydrogen (secondary N) is 1. The topological polar surface area (TPSA) is 12.0 Å². The van der Waals surface area contributed by atoms with Gasteiger partial charge in [0.1, 0.15) is 5.82 Å². The summed E-state index contributed by atoms with van der Waals surface area (Å²) in [7, 11) is 0. The maximum Gasteiger partial charge on any atom is 0.125 e. The molecule has 0 bridgehead atoms. The molecule has 1 atom stereocenters. The summed E-state index contributed by atoms with van der Waals surface area (Å²) in [6, 6.07) is 15.2. The van der Waals surface area contributed by atoms with E-state index in [0.717, 1.165) is 12.1 Å². The molecule has 0 aliphatic heterocycles. The van der Waals surface area contributed by atoms with E-state index < -0.39 is 0 Å². The summed E-state index contributed by atoms with van der Waals surface area (Å²) in [5, 5.41) is 7.60. The molecule has 0 fully saturated rings. The summed E-state index contributed by atoms with van der Waals surface area (Å²) in [5.74, 6) is -0.212. The Balaban J connectivity index is 1.82. The third-order valence-corrected chi connectivity index (χ3v) is 4.92. The summed E-state index contributed by atoms with van der Waals surface area (Å²) in [6.45, 7) is 0. The van der Waals surface area contributed by atoms with E-state index >= 15 is 0 Å². The second-order valence-electron chi connectivity index (χ2n) is 4.51. The minimum Gasteiger partial charge on any atom is -0.377 e. The molecule has 1 nitrogen and oxygen atoms in total. The van der Waals surface area contributed by atoms with E-state index in [1.54, 1.807) is 28.7 Å². The first kappa shape index (κ1) is 13.3. The molecule has 0 saturated heterocycles. The van der Waals surface area contributed by atoms with Gasteiger partial charge in [-0.05, 0) is 41.1 Å². The lowest BCUT2D eigenvalue weighted by atomic mass is 10.1. The fourth-order valence-corrected chi connectivity index (χ4v) is 3.65. The molecule has 0 saturated carbocycles. The molecule has 4 heteroatoms. The fourth-order valence-electron chi connectivity index (χ4n) is 2.12. The van der Waals surface area contributed by atoms with Gasteiger partial charge in [0.25, 0.3) is 0 Å². The molecule has 0 spiro atoms. The van der Waals surface area contributed by atoms with Gasteiger partial charge in [0, 0.05) is 21.9 Å². The first-order valence-electron chi connectivity index (χ1n) is 6.39. The first-order chi connectivity index (χ1) is 9.81. The zero-order chi connectivity index (χ0) is 13.8. The van der Waals surface area contributed by atoms with Gasteiger partial charge in [-0.15, -0.1) is 22.7 Å². The van der Waals surface area contributed by atoms with Crippen LogP contribution in [0.3, 0.4) is 0 Å². The molecule has 3 rings (SSSR count). The van der Waals surface area contributed by atoms with Gasteiger partial charge in [0.2, 0.25) is 0 Å². The lowest BCUT2D eigenvalue weighted by Crippen LogP contribution is -2.11. The van der Waals surface area contributed by atoms with Gasteiger partial charge in [0.05, 0.1) is 6.04 Å². The van der Waals surface area contributed by atoms with Crippen LogP contribution < -0.4 is 5.32 Å². The van der Waals surface area contributed by atoms with Crippen LogP contribution >= 0.6 is 22.7 Å². The lowest BCUT2D eigenvalue weighted by Gasteiger charge is -2.18. The Labute approximate surface area is 125 Å². The summed E-state index contributed by atoms with van der Waals surface area (Å²) in [6.07, 6.45) is 0.911. The zero-order valence-electron chi connectivity index (χ0n) is 10.8. The molecule has 0 aliphatic carbocycles. The number of halogens is 1. The van der Waals surface area contributed by atoms with Crippen LogP contribution in [0.2, 0.25) is 0 Å². The van der Waals surface area contributed by atoms with Crippen LogP contribution in [0.15, 0.2) is 59.3 Å². The van der Waals surface area contributed by atoms with Gasteiger partial charge in [-0.25, -0.2) is 4.39 Å². The molecule has 3 aromatic rings. The molecule has 0 aliphatic rings. The fraction of sp³-hybridized carbons (Fsp3) is 0.125. The van der Waals surface area contributed by atoms with E-state index in [0.29, 0.717) is 0 Å². The number of hydrogen-bond donors (Lipinski definition) is 1. The van der Waals surface area contributed by atoms with Crippen molar-refractivity contribution in [2.24, 2.45) is 0 Å². The second-order valence-corrected chi connectivity index (χ2v) is 6.52. The largest absolute Gasteiger partial charge is 0.377 e. The molecular formula is C16H14FNS2. The normalized spacial score (nSPS) is 12.2. The minimum absolute atomic E-state index is 0.176. The smallest absolute Gasteiger partial charge is 0.125 e. The Hall–Kier alpha value is -1.65. The summed E-state index contributed by atoms with van der Waals surface area (Å²) < 4.78 is 13.3. The Bertz CT molecular complexity index is 647. The Kier molecular flexibility index (Phi) is 4.14. The van der Waals surface area contributed by atoms with Crippen molar-refractivity contribution in [3.8, 4) is 0 Å². The van der Waals surface area contributed by atoms with E-state index in [-0.39, 0.29) is 11.9 Å². The van der Waals surface area contributed by atoms with E-state index in [1.165, 1.54) is 21.9 Å². The molecule has 20 heavy (non-hydrogen) atoms. The molecule has 102 valence electrons. The Morgan fingerprint density at radius 1 is 1.00 bits per heavy atom. The van der Waals surface area contributed by atoms with E-state index in [1.807, 2.05) is 6.07 Å². The Morgan fingerprint density at radius 2 is 1.85 bits per heavy atom. The molecular weight excluding hydrogens is 289 g/mol. The Morgan fingerprint density at radius 3 is 2.55 bits per heavy atom. The van der Waals surface area contributed by atoms with Crippen molar-refractivity contribution in [3.63, 3.8) is 0 Å². The number of rotatable bonds is 5. The number of anilines is 1. The highest BCUT2D eigenvalue weighted by Crippen LogP contribution is 2.28. The average Bonchev–Trinajstić information content (AvgIpc) is 3.11. The summed E-state index contributed by atoms with van der Waals surface area (Å²) in [5.41, 5.74) is 0.819. The van der Waals surface area contributed by atoms with Crippen LogP contribution in [0.1, 0.15) is 15.8 Å². The third kappa shape index (κ3) is 3.26. The minimum atomic E-state index is -0.212. The molecule has 1 aromatic carbocycles. The van der Waals surface area contributed by atoms with Crippen LogP contribution in [0, 0.1) is 5.82 Å². The molecule has 0 amide bonds. The number of thiophene rings is 2. The molecule has 0 radical (unpaired) electrons. The predicted octanol–water partition coefficient (Wildman–Crippen LogP) is 5.34. The van der Waals surface area contributed by atoms with Crippen molar-refractivity contribution in [3.05, 3.63) is 74.9 Å². The van der Waals surface area contributed by atoms with Crippen LogP contribution in [-0.2, 0) is 6.42 Å². The van der Waals surface area contributed by atoms with Gasteiger partial charge in [-0.3, -0.25) is 0 Å². The van der Waals surface area contributed by atoms with Crippen molar-refractivity contribution in [1.29, 1.82) is 0 Å². The van der Waals surface area contributed by atoms with E-state index in [4.69, 9.17) is 0 Å². The SMILES string of the molecule is Fc1cccc(NC(Cc2cccs2)c2cccs2)c1. The lowest BCUT2D eigenvalue weighted by molar-refractivity contribution is 0.627. The van der Waals surface area contributed by atoms with E-state index in [2.05, 4.69) is 40.3 Å². The van der Waals surface area contributed by atoms with Gasteiger partial charge < -0.3 is 5.32 Å². The van der Waals surface area contributed by atoms with Crippen LogP contribution in [-0.4, -0.2) is 0 Å². The van der Waals surface area contributed by atoms with Crippen molar-refractivity contribution < 1.29 is 4.39 Å². The maximum atomic E-state index is 13.3. The summed E-state index contributed by atoms with van der Waals surface area (Å²) >= 11 is 3.48. The van der Waals surface area contributed by atoms with Gasteiger partial charge in [0.15, 0.2) is 0 Å². The van der Waals surface area contributed by atoms with Crippen LogP contribution in [0.25, 0.3) is 0 Å². The standard InChI is InChI=1S/C16H14FNS2/c17-12-4-1-5-13(10-12)18-15(16-7-3-9-20-16)11-14-6-2-8-19-14/h1-10,15,18H,11H2. The van der Waals surface area contributed by atoms with Gasteiger partial charge in [-0.1, -0.05) is 18.2 Å².